The first-order valence-corrected chi connectivity index (χ1v) is 7.25. The van der Waals surface area contributed by atoms with Gasteiger partial charge in [0.25, 0.3) is 0 Å². The molecule has 3 aliphatic rings. The van der Waals surface area contributed by atoms with E-state index in [4.69, 9.17) is 0 Å². The van der Waals surface area contributed by atoms with E-state index in [0.29, 0.717) is 0 Å². The first kappa shape index (κ1) is 10.1. The molecule has 2 heterocycles. The van der Waals surface area contributed by atoms with Crippen LogP contribution in [0.5, 0.6) is 0 Å². The maximum Gasteiger partial charge on any atom is 0.0195 e. The zero-order chi connectivity index (χ0) is 11.2. The van der Waals surface area contributed by atoms with Crippen LogP contribution >= 0.6 is 0 Å². The molecular weight excluding hydrogens is 206 g/mol. The standard InChI is InChI=1S/C16H21N/c1-2-7-14-12(5-1)11-13-6-3-9-17-10-4-8-15(14)16(13)17/h1-2,5,7,13,15-16H,3-4,6,8-11H2/t13-,15-,16+/m1/s1. The highest BCUT2D eigenvalue weighted by atomic mass is 15.2. The monoisotopic (exact) mass is 227 g/mol. The Balaban J connectivity index is 1.79. The van der Waals surface area contributed by atoms with E-state index >= 15 is 0 Å². The van der Waals surface area contributed by atoms with Gasteiger partial charge < -0.3 is 0 Å². The number of fused-ring (bicyclic) bond motifs is 2. The Morgan fingerprint density at radius 1 is 1.00 bits per heavy atom. The summed E-state index contributed by atoms with van der Waals surface area (Å²) in [4.78, 5) is 2.80. The Bertz CT molecular complexity index is 423. The predicted molar refractivity (Wildman–Crippen MR) is 70.2 cm³/mol. The molecule has 1 aromatic carbocycles. The molecule has 2 fully saturated rings. The normalized spacial score (nSPS) is 36.1. The minimum atomic E-state index is 0.846. The molecule has 0 unspecified atom stereocenters. The molecule has 0 radical (unpaired) electrons. The number of piperidine rings is 2. The third-order valence-corrected chi connectivity index (χ3v) is 5.23. The lowest BCUT2D eigenvalue weighted by Gasteiger charge is -2.52. The Kier molecular flexibility index (Phi) is 2.29. The predicted octanol–water partition coefficient (Wildman–Crippen LogP) is 3.20. The van der Waals surface area contributed by atoms with Gasteiger partial charge >= 0.3 is 0 Å². The summed E-state index contributed by atoms with van der Waals surface area (Å²) in [7, 11) is 0. The molecule has 1 aromatic rings. The molecule has 1 aliphatic carbocycles. The quantitative estimate of drug-likeness (QED) is 0.658. The van der Waals surface area contributed by atoms with Gasteiger partial charge in [0.05, 0.1) is 0 Å². The molecule has 1 heteroatoms. The summed E-state index contributed by atoms with van der Waals surface area (Å²) in [6.45, 7) is 2.72. The number of hydrogen-bond donors (Lipinski definition) is 0. The van der Waals surface area contributed by atoms with Crippen LogP contribution in [-0.4, -0.2) is 24.0 Å². The maximum absolute atomic E-state index is 2.80. The average Bonchev–Trinajstić information content (AvgIpc) is 2.39. The van der Waals surface area contributed by atoms with Crippen molar-refractivity contribution in [3.63, 3.8) is 0 Å². The molecule has 0 spiro atoms. The lowest BCUT2D eigenvalue weighted by atomic mass is 9.66. The lowest BCUT2D eigenvalue weighted by Crippen LogP contribution is -2.54. The van der Waals surface area contributed by atoms with Gasteiger partial charge in [0.2, 0.25) is 0 Å². The van der Waals surface area contributed by atoms with Crippen molar-refractivity contribution >= 4 is 0 Å². The van der Waals surface area contributed by atoms with E-state index in [9.17, 15) is 0 Å². The fraction of sp³-hybridized carbons (Fsp3) is 0.625. The highest BCUT2D eigenvalue weighted by molar-refractivity contribution is 5.36. The third kappa shape index (κ3) is 1.48. The number of rotatable bonds is 0. The van der Waals surface area contributed by atoms with Crippen molar-refractivity contribution in [2.75, 3.05) is 13.1 Å². The zero-order valence-electron chi connectivity index (χ0n) is 10.4. The topological polar surface area (TPSA) is 3.24 Å². The van der Waals surface area contributed by atoms with Crippen LogP contribution < -0.4 is 0 Å². The summed E-state index contributed by atoms with van der Waals surface area (Å²) in [6.07, 6.45) is 7.06. The van der Waals surface area contributed by atoms with Crippen LogP contribution in [0.1, 0.15) is 42.7 Å². The number of hydrogen-bond acceptors (Lipinski definition) is 1. The number of nitrogens with zero attached hydrogens (tertiary/aromatic N) is 1. The molecule has 0 amide bonds. The third-order valence-electron chi connectivity index (χ3n) is 5.23. The van der Waals surface area contributed by atoms with Crippen LogP contribution in [-0.2, 0) is 6.42 Å². The molecule has 90 valence electrons. The molecule has 2 saturated heterocycles. The summed E-state index contributed by atoms with van der Waals surface area (Å²) in [5.41, 5.74) is 3.34. The van der Waals surface area contributed by atoms with E-state index in [0.717, 1.165) is 17.9 Å². The Labute approximate surface area is 104 Å². The van der Waals surface area contributed by atoms with E-state index in [1.165, 1.54) is 45.2 Å². The Hall–Kier alpha value is -0.820. The lowest BCUT2D eigenvalue weighted by molar-refractivity contribution is 0.0350. The van der Waals surface area contributed by atoms with Crippen LogP contribution in [0, 0.1) is 5.92 Å². The number of benzene rings is 1. The van der Waals surface area contributed by atoms with Gasteiger partial charge in [0.1, 0.15) is 0 Å². The van der Waals surface area contributed by atoms with E-state index in [2.05, 4.69) is 29.2 Å². The molecule has 0 aromatic heterocycles. The highest BCUT2D eigenvalue weighted by Gasteiger charge is 2.43. The van der Waals surface area contributed by atoms with Crippen molar-refractivity contribution in [3.8, 4) is 0 Å². The second kappa shape index (κ2) is 3.84. The molecule has 4 rings (SSSR count). The van der Waals surface area contributed by atoms with Crippen molar-refractivity contribution in [2.24, 2.45) is 5.92 Å². The molecule has 0 bridgehead atoms. The minimum Gasteiger partial charge on any atom is -0.299 e. The summed E-state index contributed by atoms with van der Waals surface area (Å²) in [6, 6.07) is 10.1. The fourth-order valence-electron chi connectivity index (χ4n) is 4.63. The zero-order valence-corrected chi connectivity index (χ0v) is 10.4. The largest absolute Gasteiger partial charge is 0.299 e. The smallest absolute Gasteiger partial charge is 0.0195 e. The first-order chi connectivity index (χ1) is 8.43. The highest BCUT2D eigenvalue weighted by Crippen LogP contribution is 2.46. The van der Waals surface area contributed by atoms with Gasteiger partial charge in [-0.2, -0.15) is 0 Å². The van der Waals surface area contributed by atoms with Crippen molar-refractivity contribution in [3.05, 3.63) is 35.4 Å². The van der Waals surface area contributed by atoms with Gasteiger partial charge in [0, 0.05) is 12.0 Å². The Morgan fingerprint density at radius 2 is 1.82 bits per heavy atom. The van der Waals surface area contributed by atoms with Crippen LogP contribution in [0.2, 0.25) is 0 Å². The van der Waals surface area contributed by atoms with Gasteiger partial charge in [-0.3, -0.25) is 4.90 Å². The van der Waals surface area contributed by atoms with Crippen LogP contribution in [0.3, 0.4) is 0 Å². The van der Waals surface area contributed by atoms with E-state index in [1.807, 2.05) is 0 Å². The van der Waals surface area contributed by atoms with Crippen molar-refractivity contribution in [1.29, 1.82) is 0 Å². The molecule has 3 atom stereocenters. The van der Waals surface area contributed by atoms with Gasteiger partial charge in [-0.05, 0) is 62.2 Å². The van der Waals surface area contributed by atoms with Crippen molar-refractivity contribution in [2.45, 2.75) is 44.1 Å². The summed E-state index contributed by atoms with van der Waals surface area (Å²) < 4.78 is 0. The molecular formula is C16H21N. The van der Waals surface area contributed by atoms with Gasteiger partial charge in [0.15, 0.2) is 0 Å². The first-order valence-electron chi connectivity index (χ1n) is 7.25. The van der Waals surface area contributed by atoms with Crippen molar-refractivity contribution in [1.82, 2.24) is 4.90 Å². The molecule has 0 saturated carbocycles. The van der Waals surface area contributed by atoms with E-state index in [-0.39, 0.29) is 0 Å². The SMILES string of the molecule is c1ccc2c(c1)C[C@H]1CCCN3CCC[C@H]2[C@H]13. The summed E-state index contributed by atoms with van der Waals surface area (Å²) in [5, 5.41) is 0. The molecule has 2 aliphatic heterocycles. The van der Waals surface area contributed by atoms with Crippen LogP contribution in [0.4, 0.5) is 0 Å². The molecule has 1 nitrogen and oxygen atoms in total. The fourth-order valence-corrected chi connectivity index (χ4v) is 4.63. The van der Waals surface area contributed by atoms with Crippen LogP contribution in [0.25, 0.3) is 0 Å². The molecule has 17 heavy (non-hydrogen) atoms. The van der Waals surface area contributed by atoms with Crippen molar-refractivity contribution < 1.29 is 0 Å². The minimum absolute atomic E-state index is 0.846. The van der Waals surface area contributed by atoms with Crippen LogP contribution in [0.15, 0.2) is 24.3 Å². The second-order valence-corrected chi connectivity index (χ2v) is 6.08. The van der Waals surface area contributed by atoms with Gasteiger partial charge in [-0.15, -0.1) is 0 Å². The van der Waals surface area contributed by atoms with E-state index in [1.54, 1.807) is 11.1 Å². The maximum atomic E-state index is 2.80. The summed E-state index contributed by atoms with van der Waals surface area (Å²) in [5.74, 6) is 1.79. The molecule has 0 N–H and O–H groups in total. The van der Waals surface area contributed by atoms with Gasteiger partial charge in [-0.25, -0.2) is 0 Å². The second-order valence-electron chi connectivity index (χ2n) is 6.08. The van der Waals surface area contributed by atoms with E-state index < -0.39 is 0 Å². The van der Waals surface area contributed by atoms with Gasteiger partial charge in [-0.1, -0.05) is 24.3 Å². The summed E-state index contributed by atoms with van der Waals surface area (Å²) >= 11 is 0. The Morgan fingerprint density at radius 3 is 2.76 bits per heavy atom. The average molecular weight is 227 g/mol.